The molecular formula is C17H25N3O4. The van der Waals surface area contributed by atoms with E-state index in [1.165, 1.54) is 17.2 Å². The van der Waals surface area contributed by atoms with Crippen molar-refractivity contribution in [2.75, 3.05) is 18.8 Å². The molecule has 1 aromatic rings. The van der Waals surface area contributed by atoms with Crippen molar-refractivity contribution in [1.29, 1.82) is 0 Å². The smallest absolute Gasteiger partial charge is 0.314 e. The Bertz CT molecular complexity index is 602. The molecule has 0 aromatic carbocycles. The van der Waals surface area contributed by atoms with Crippen molar-refractivity contribution in [2.24, 2.45) is 11.3 Å². The molecule has 0 aliphatic carbocycles. The molecule has 1 aromatic heterocycles. The van der Waals surface area contributed by atoms with Gasteiger partial charge in [-0.1, -0.05) is 13.8 Å². The first-order valence-electron chi connectivity index (χ1n) is 8.18. The summed E-state index contributed by atoms with van der Waals surface area (Å²) < 4.78 is 0. The summed E-state index contributed by atoms with van der Waals surface area (Å²) in [4.78, 5) is 30.0. The van der Waals surface area contributed by atoms with Gasteiger partial charge in [-0.15, -0.1) is 0 Å². The number of aliphatic carboxylic acids is 1. The van der Waals surface area contributed by atoms with Crippen LogP contribution < -0.4 is 5.73 Å². The van der Waals surface area contributed by atoms with E-state index in [1.807, 2.05) is 13.8 Å². The summed E-state index contributed by atoms with van der Waals surface area (Å²) in [5.41, 5.74) is 4.57. The zero-order valence-electron chi connectivity index (χ0n) is 14.1. The Hall–Kier alpha value is -2.15. The fourth-order valence-electron chi connectivity index (χ4n) is 3.08. The van der Waals surface area contributed by atoms with E-state index in [4.69, 9.17) is 5.73 Å². The molecule has 1 amide bonds. The van der Waals surface area contributed by atoms with E-state index < -0.39 is 17.5 Å². The lowest BCUT2D eigenvalue weighted by atomic mass is 9.72. The van der Waals surface area contributed by atoms with Crippen molar-refractivity contribution in [3.05, 3.63) is 23.9 Å². The molecule has 1 fully saturated rings. The summed E-state index contributed by atoms with van der Waals surface area (Å²) in [6, 6.07) is 3.11. The Kier molecular flexibility index (Phi) is 5.43. The maximum Gasteiger partial charge on any atom is 0.314 e. The number of likely N-dealkylation sites (tertiary alicyclic amines) is 1. The molecule has 2 atom stereocenters. The predicted octanol–water partition coefficient (Wildman–Crippen LogP) is 1.38. The van der Waals surface area contributed by atoms with E-state index in [-0.39, 0.29) is 18.9 Å². The lowest BCUT2D eigenvalue weighted by Gasteiger charge is -2.43. The third kappa shape index (κ3) is 3.67. The fraction of sp³-hybridized carbons (Fsp3) is 0.588. The van der Waals surface area contributed by atoms with Gasteiger partial charge in [0.05, 0.1) is 11.7 Å². The van der Waals surface area contributed by atoms with Crippen molar-refractivity contribution < 1.29 is 19.8 Å². The fourth-order valence-corrected chi connectivity index (χ4v) is 3.08. The van der Waals surface area contributed by atoms with E-state index in [2.05, 4.69) is 4.98 Å². The number of aliphatic hydroxyl groups is 1. The standard InChI is InChI=1S/C17H25N3O4/c1-11(2)5-7-17(16(23)24)10-20(8-6-13(17)21)15(22)12-3-4-14(18)19-9-12/h3-4,9,11,13,21H,5-8,10H2,1-2H3,(H2,18,19)(H,23,24)/t13-,17-/m1/s1. The van der Waals surface area contributed by atoms with Crippen LogP contribution in [0.4, 0.5) is 5.82 Å². The van der Waals surface area contributed by atoms with Gasteiger partial charge in [0, 0.05) is 19.3 Å². The Balaban J connectivity index is 2.22. The number of nitrogens with two attached hydrogens (primary N) is 1. The molecule has 1 aliphatic rings. The molecule has 0 bridgehead atoms. The first kappa shape index (κ1) is 18.2. The summed E-state index contributed by atoms with van der Waals surface area (Å²) in [7, 11) is 0. The number of pyridine rings is 1. The van der Waals surface area contributed by atoms with Gasteiger partial charge in [0.25, 0.3) is 5.91 Å². The number of carbonyl (C=O) groups is 2. The lowest BCUT2D eigenvalue weighted by Crippen LogP contribution is -2.57. The molecule has 4 N–H and O–H groups in total. The minimum Gasteiger partial charge on any atom is -0.481 e. The average Bonchev–Trinajstić information content (AvgIpc) is 2.54. The number of anilines is 1. The monoisotopic (exact) mass is 335 g/mol. The molecule has 0 radical (unpaired) electrons. The second kappa shape index (κ2) is 7.17. The number of carboxylic acids is 1. The van der Waals surface area contributed by atoms with Crippen LogP contribution >= 0.6 is 0 Å². The number of nitrogen functional groups attached to an aromatic ring is 1. The summed E-state index contributed by atoms with van der Waals surface area (Å²) in [6.45, 7) is 4.34. The Morgan fingerprint density at radius 1 is 1.46 bits per heavy atom. The van der Waals surface area contributed by atoms with Crippen LogP contribution in [0.3, 0.4) is 0 Å². The SMILES string of the molecule is CC(C)CC[C@@]1(C(=O)O)CN(C(=O)c2ccc(N)nc2)CC[C@H]1O. The van der Waals surface area contributed by atoms with E-state index >= 15 is 0 Å². The van der Waals surface area contributed by atoms with Gasteiger partial charge in [-0.25, -0.2) is 4.98 Å². The first-order chi connectivity index (χ1) is 11.3. The van der Waals surface area contributed by atoms with Gasteiger partial charge < -0.3 is 20.8 Å². The molecule has 7 heteroatoms. The summed E-state index contributed by atoms with van der Waals surface area (Å²) >= 11 is 0. The highest BCUT2D eigenvalue weighted by Gasteiger charge is 2.49. The number of rotatable bonds is 5. The predicted molar refractivity (Wildman–Crippen MR) is 89.3 cm³/mol. The van der Waals surface area contributed by atoms with Crippen LogP contribution in [0.25, 0.3) is 0 Å². The van der Waals surface area contributed by atoms with E-state index in [9.17, 15) is 19.8 Å². The molecular weight excluding hydrogens is 310 g/mol. The van der Waals surface area contributed by atoms with E-state index in [0.717, 1.165) is 0 Å². The number of carbonyl (C=O) groups excluding carboxylic acids is 1. The van der Waals surface area contributed by atoms with Gasteiger partial charge in [-0.3, -0.25) is 9.59 Å². The number of carboxylic acid groups (broad SMARTS) is 1. The van der Waals surface area contributed by atoms with Crippen LogP contribution in [0.5, 0.6) is 0 Å². The second-order valence-electron chi connectivity index (χ2n) is 6.90. The number of amides is 1. The molecule has 132 valence electrons. The van der Waals surface area contributed by atoms with E-state index in [1.54, 1.807) is 6.07 Å². The van der Waals surface area contributed by atoms with Gasteiger partial charge in [0.1, 0.15) is 11.2 Å². The molecule has 2 rings (SSSR count). The lowest BCUT2D eigenvalue weighted by molar-refractivity contribution is -0.163. The zero-order valence-corrected chi connectivity index (χ0v) is 14.1. The van der Waals surface area contributed by atoms with E-state index in [0.29, 0.717) is 36.7 Å². The highest BCUT2D eigenvalue weighted by atomic mass is 16.4. The number of nitrogens with zero attached hydrogens (tertiary/aromatic N) is 2. The summed E-state index contributed by atoms with van der Waals surface area (Å²) in [6.07, 6.45) is 1.69. The molecule has 0 spiro atoms. The van der Waals surface area contributed by atoms with Crippen molar-refractivity contribution >= 4 is 17.7 Å². The molecule has 0 saturated carbocycles. The average molecular weight is 335 g/mol. The van der Waals surface area contributed by atoms with Crippen molar-refractivity contribution in [1.82, 2.24) is 9.88 Å². The Labute approximate surface area is 141 Å². The van der Waals surface area contributed by atoms with Crippen LogP contribution in [0, 0.1) is 11.3 Å². The van der Waals surface area contributed by atoms with Crippen molar-refractivity contribution in [3.8, 4) is 0 Å². The molecule has 24 heavy (non-hydrogen) atoms. The van der Waals surface area contributed by atoms with Gasteiger partial charge in [-0.05, 0) is 37.3 Å². The Morgan fingerprint density at radius 2 is 2.17 bits per heavy atom. The molecule has 7 nitrogen and oxygen atoms in total. The number of aromatic nitrogens is 1. The quantitative estimate of drug-likeness (QED) is 0.748. The third-order valence-corrected chi connectivity index (χ3v) is 4.70. The van der Waals surface area contributed by atoms with Crippen molar-refractivity contribution in [3.63, 3.8) is 0 Å². The zero-order chi connectivity index (χ0) is 17.9. The minimum absolute atomic E-state index is 0.000566. The highest BCUT2D eigenvalue weighted by Crippen LogP contribution is 2.37. The molecule has 2 heterocycles. The van der Waals surface area contributed by atoms with Crippen molar-refractivity contribution in [2.45, 2.75) is 39.2 Å². The number of hydrogen-bond acceptors (Lipinski definition) is 5. The third-order valence-electron chi connectivity index (χ3n) is 4.70. The van der Waals surface area contributed by atoms with Crippen LogP contribution in [-0.2, 0) is 4.79 Å². The number of aliphatic hydroxyl groups excluding tert-OH is 1. The minimum atomic E-state index is -1.32. The Morgan fingerprint density at radius 3 is 2.71 bits per heavy atom. The number of piperidine rings is 1. The number of hydrogen-bond donors (Lipinski definition) is 3. The van der Waals surface area contributed by atoms with Crippen LogP contribution in [0.1, 0.15) is 43.5 Å². The van der Waals surface area contributed by atoms with Gasteiger partial charge in [0.15, 0.2) is 0 Å². The summed E-state index contributed by atoms with van der Waals surface area (Å²) in [5.74, 6) is -0.702. The van der Waals surface area contributed by atoms with Crippen LogP contribution in [-0.4, -0.2) is 51.2 Å². The molecule has 0 unspecified atom stereocenters. The maximum atomic E-state index is 12.6. The maximum absolute atomic E-state index is 12.6. The van der Waals surface area contributed by atoms with Gasteiger partial charge >= 0.3 is 5.97 Å². The highest BCUT2D eigenvalue weighted by molar-refractivity contribution is 5.94. The topological polar surface area (TPSA) is 117 Å². The second-order valence-corrected chi connectivity index (χ2v) is 6.90. The van der Waals surface area contributed by atoms with Crippen LogP contribution in [0.2, 0.25) is 0 Å². The summed E-state index contributed by atoms with van der Waals surface area (Å²) in [5, 5.41) is 20.1. The van der Waals surface area contributed by atoms with Gasteiger partial charge in [0.2, 0.25) is 0 Å². The molecule has 1 aliphatic heterocycles. The van der Waals surface area contributed by atoms with Crippen LogP contribution in [0.15, 0.2) is 18.3 Å². The largest absolute Gasteiger partial charge is 0.481 e. The van der Waals surface area contributed by atoms with Gasteiger partial charge in [-0.2, -0.15) is 0 Å². The first-order valence-corrected chi connectivity index (χ1v) is 8.18. The normalized spacial score (nSPS) is 24.2. The molecule has 1 saturated heterocycles.